The Morgan fingerprint density at radius 3 is 2.71 bits per heavy atom. The van der Waals surface area contributed by atoms with Crippen LogP contribution in [0.25, 0.3) is 0 Å². The maximum Gasteiger partial charge on any atom is 0.313 e. The van der Waals surface area contributed by atoms with E-state index in [1.54, 1.807) is 7.11 Å². The molecule has 21 heavy (non-hydrogen) atoms. The Labute approximate surface area is 126 Å². The van der Waals surface area contributed by atoms with Gasteiger partial charge in [-0.2, -0.15) is 4.37 Å². The van der Waals surface area contributed by atoms with Gasteiger partial charge in [0, 0.05) is 5.92 Å². The lowest BCUT2D eigenvalue weighted by Crippen LogP contribution is -2.14. The van der Waals surface area contributed by atoms with E-state index in [4.69, 9.17) is 4.74 Å². The zero-order valence-corrected chi connectivity index (χ0v) is 12.5. The first kappa shape index (κ1) is 14.0. The molecule has 0 spiro atoms. The Balaban J connectivity index is 1.77. The molecule has 1 aliphatic rings. The van der Waals surface area contributed by atoms with Gasteiger partial charge in [0.05, 0.1) is 7.11 Å². The van der Waals surface area contributed by atoms with Crippen molar-refractivity contribution in [1.82, 2.24) is 9.36 Å². The number of methoxy groups -OCH3 is 1. The monoisotopic (exact) mass is 304 g/mol. The van der Waals surface area contributed by atoms with E-state index in [0.29, 0.717) is 17.3 Å². The summed E-state index contributed by atoms with van der Waals surface area (Å²) in [6.45, 7) is 0. The van der Waals surface area contributed by atoms with E-state index >= 15 is 0 Å². The topological polar surface area (TPSA) is 72.3 Å². The summed E-state index contributed by atoms with van der Waals surface area (Å²) >= 11 is 1.21. The van der Waals surface area contributed by atoms with Crippen LogP contribution in [0.4, 0.5) is 0 Å². The quantitative estimate of drug-likeness (QED) is 0.888. The first-order valence-corrected chi connectivity index (χ1v) is 7.64. The van der Waals surface area contributed by atoms with E-state index in [-0.39, 0.29) is 0 Å². The summed E-state index contributed by atoms with van der Waals surface area (Å²) in [5, 5.41) is 10.1. The molecule has 1 heterocycles. The standard InChI is InChI=1S/C15H16N2O3S/c1-20-11-6-2-9(3-7-11)8-12(15(18)19)14-16-13(17-21-14)10-4-5-10/h2-3,6-7,10,12H,4-5,8H2,1H3,(H,18,19). The van der Waals surface area contributed by atoms with E-state index in [1.165, 1.54) is 11.5 Å². The minimum atomic E-state index is -0.857. The van der Waals surface area contributed by atoms with Gasteiger partial charge in [0.2, 0.25) is 0 Å². The fraction of sp³-hybridized carbons (Fsp3) is 0.400. The minimum Gasteiger partial charge on any atom is -0.497 e. The molecule has 0 amide bonds. The zero-order valence-electron chi connectivity index (χ0n) is 11.7. The number of carboxylic acids is 1. The number of aromatic nitrogens is 2. The molecule has 1 fully saturated rings. The van der Waals surface area contributed by atoms with Gasteiger partial charge in [-0.1, -0.05) is 12.1 Å². The number of hydrogen-bond acceptors (Lipinski definition) is 5. The summed E-state index contributed by atoms with van der Waals surface area (Å²) < 4.78 is 9.40. The van der Waals surface area contributed by atoms with Crippen molar-refractivity contribution in [1.29, 1.82) is 0 Å². The molecule has 0 aliphatic heterocycles. The molecule has 5 nitrogen and oxygen atoms in total. The van der Waals surface area contributed by atoms with Crippen molar-refractivity contribution in [3.63, 3.8) is 0 Å². The molecule has 1 aromatic carbocycles. The summed E-state index contributed by atoms with van der Waals surface area (Å²) in [6, 6.07) is 7.45. The molecule has 2 aromatic rings. The molecule has 0 saturated heterocycles. The lowest BCUT2D eigenvalue weighted by molar-refractivity contribution is -0.138. The third kappa shape index (κ3) is 3.21. The van der Waals surface area contributed by atoms with E-state index in [2.05, 4.69) is 9.36 Å². The van der Waals surface area contributed by atoms with Crippen LogP contribution in [0.2, 0.25) is 0 Å². The summed E-state index contributed by atoms with van der Waals surface area (Å²) in [4.78, 5) is 16.0. The van der Waals surface area contributed by atoms with Crippen molar-refractivity contribution in [2.75, 3.05) is 7.11 Å². The van der Waals surface area contributed by atoms with Crippen molar-refractivity contribution in [3.8, 4) is 5.75 Å². The highest BCUT2D eigenvalue weighted by molar-refractivity contribution is 7.05. The van der Waals surface area contributed by atoms with E-state index < -0.39 is 11.9 Å². The van der Waals surface area contributed by atoms with E-state index in [0.717, 1.165) is 30.0 Å². The average molecular weight is 304 g/mol. The average Bonchev–Trinajstić information content (AvgIpc) is 3.23. The second-order valence-electron chi connectivity index (χ2n) is 5.21. The van der Waals surface area contributed by atoms with E-state index in [9.17, 15) is 9.90 Å². The lowest BCUT2D eigenvalue weighted by atomic mass is 10.00. The van der Waals surface area contributed by atoms with Gasteiger partial charge in [0.15, 0.2) is 0 Å². The van der Waals surface area contributed by atoms with Gasteiger partial charge in [-0.05, 0) is 48.5 Å². The molecule has 0 bridgehead atoms. The fourth-order valence-corrected chi connectivity index (χ4v) is 3.00. The summed E-state index contributed by atoms with van der Waals surface area (Å²) in [7, 11) is 1.61. The third-order valence-corrected chi connectivity index (χ3v) is 4.44. The molecule has 1 unspecified atom stereocenters. The number of hydrogen-bond donors (Lipinski definition) is 1. The van der Waals surface area contributed by atoms with Gasteiger partial charge >= 0.3 is 5.97 Å². The summed E-state index contributed by atoms with van der Waals surface area (Å²) in [5.41, 5.74) is 0.950. The van der Waals surface area contributed by atoms with Crippen molar-refractivity contribution in [2.24, 2.45) is 0 Å². The number of rotatable bonds is 6. The van der Waals surface area contributed by atoms with Gasteiger partial charge in [-0.25, -0.2) is 4.98 Å². The molecule has 0 radical (unpaired) electrons. The number of ether oxygens (including phenoxy) is 1. The molecule has 1 atom stereocenters. The number of carbonyl (C=O) groups is 1. The highest BCUT2D eigenvalue weighted by Gasteiger charge is 2.31. The van der Waals surface area contributed by atoms with Crippen molar-refractivity contribution < 1.29 is 14.6 Å². The second-order valence-corrected chi connectivity index (χ2v) is 5.99. The number of benzene rings is 1. The maximum absolute atomic E-state index is 11.5. The summed E-state index contributed by atoms with van der Waals surface area (Å²) in [5.74, 6) is 0.534. The Hall–Kier alpha value is -1.95. The molecular weight excluding hydrogens is 288 g/mol. The molecule has 3 rings (SSSR count). The Kier molecular flexibility index (Phi) is 3.88. The SMILES string of the molecule is COc1ccc(CC(C(=O)O)c2nc(C3CC3)ns2)cc1. The van der Waals surface area contributed by atoms with E-state index in [1.807, 2.05) is 24.3 Å². The first-order chi connectivity index (χ1) is 10.2. The van der Waals surface area contributed by atoms with Gasteiger partial charge in [-0.15, -0.1) is 0 Å². The van der Waals surface area contributed by atoms with Crippen molar-refractivity contribution >= 4 is 17.5 Å². The number of nitrogens with zero attached hydrogens (tertiary/aromatic N) is 2. The Bertz CT molecular complexity index is 635. The highest BCUT2D eigenvalue weighted by Crippen LogP contribution is 2.39. The Morgan fingerprint density at radius 1 is 1.43 bits per heavy atom. The number of aliphatic carboxylic acids is 1. The first-order valence-electron chi connectivity index (χ1n) is 6.86. The predicted molar refractivity (Wildman–Crippen MR) is 79.0 cm³/mol. The summed E-state index contributed by atoms with van der Waals surface area (Å²) in [6.07, 6.45) is 2.65. The molecule has 1 aromatic heterocycles. The van der Waals surface area contributed by atoms with Crippen LogP contribution in [-0.2, 0) is 11.2 Å². The second kappa shape index (κ2) is 5.81. The largest absolute Gasteiger partial charge is 0.497 e. The fourth-order valence-electron chi connectivity index (χ4n) is 2.17. The van der Waals surface area contributed by atoms with Crippen LogP contribution < -0.4 is 4.74 Å². The third-order valence-electron chi connectivity index (χ3n) is 3.60. The van der Waals surface area contributed by atoms with Gasteiger partial charge in [0.25, 0.3) is 0 Å². The van der Waals surface area contributed by atoms with Crippen LogP contribution in [0.3, 0.4) is 0 Å². The zero-order chi connectivity index (χ0) is 14.8. The molecule has 1 N–H and O–H groups in total. The molecule has 1 aliphatic carbocycles. The van der Waals surface area contributed by atoms with Crippen molar-refractivity contribution in [2.45, 2.75) is 31.1 Å². The highest BCUT2D eigenvalue weighted by atomic mass is 32.1. The van der Waals surface area contributed by atoms with Crippen LogP contribution in [0, 0.1) is 0 Å². The van der Waals surface area contributed by atoms with Gasteiger partial charge in [0.1, 0.15) is 22.5 Å². The van der Waals surface area contributed by atoms with Gasteiger partial charge < -0.3 is 9.84 Å². The predicted octanol–water partition coefficient (Wildman–Crippen LogP) is 2.84. The van der Waals surface area contributed by atoms with Crippen LogP contribution >= 0.6 is 11.5 Å². The molecule has 6 heteroatoms. The van der Waals surface area contributed by atoms with Crippen LogP contribution in [0.15, 0.2) is 24.3 Å². The Morgan fingerprint density at radius 2 is 2.14 bits per heavy atom. The molecule has 110 valence electrons. The number of carboxylic acid groups (broad SMARTS) is 1. The van der Waals surface area contributed by atoms with Crippen LogP contribution in [-0.4, -0.2) is 27.5 Å². The van der Waals surface area contributed by atoms with Crippen LogP contribution in [0.5, 0.6) is 5.75 Å². The van der Waals surface area contributed by atoms with Crippen LogP contribution in [0.1, 0.15) is 41.1 Å². The van der Waals surface area contributed by atoms with Gasteiger partial charge in [-0.3, -0.25) is 4.79 Å². The molecule has 1 saturated carbocycles. The minimum absolute atomic E-state index is 0.415. The smallest absolute Gasteiger partial charge is 0.313 e. The molecular formula is C15H16N2O3S. The lowest BCUT2D eigenvalue weighted by Gasteiger charge is -2.09. The van der Waals surface area contributed by atoms with Crippen molar-refractivity contribution in [3.05, 3.63) is 40.7 Å². The maximum atomic E-state index is 11.5. The normalized spacial score (nSPS) is 15.7.